The van der Waals surface area contributed by atoms with Gasteiger partial charge in [0, 0.05) is 30.9 Å². The number of imidazole rings is 1. The normalized spacial score (nSPS) is 30.1. The predicted octanol–water partition coefficient (Wildman–Crippen LogP) is 1.93. The van der Waals surface area contributed by atoms with Crippen LogP contribution in [0.1, 0.15) is 43.6 Å². The molecule has 3 rings (SSSR count). The van der Waals surface area contributed by atoms with E-state index in [1.54, 1.807) is 0 Å². The van der Waals surface area contributed by atoms with E-state index in [1.807, 2.05) is 0 Å². The van der Waals surface area contributed by atoms with Gasteiger partial charge in [-0.3, -0.25) is 0 Å². The highest BCUT2D eigenvalue weighted by molar-refractivity contribution is 5.13. The van der Waals surface area contributed by atoms with Crippen molar-refractivity contribution in [1.82, 2.24) is 14.9 Å². The highest BCUT2D eigenvalue weighted by Crippen LogP contribution is 2.27. The molecule has 3 nitrogen and oxygen atoms in total. The third-order valence-electron chi connectivity index (χ3n) is 4.03. The molecule has 0 spiro atoms. The summed E-state index contributed by atoms with van der Waals surface area (Å²) < 4.78 is 2.48. The van der Waals surface area contributed by atoms with Gasteiger partial charge in [0.2, 0.25) is 0 Å². The molecule has 1 aromatic rings. The first-order valence-electron chi connectivity index (χ1n) is 6.59. The van der Waals surface area contributed by atoms with Crippen molar-refractivity contribution >= 4 is 0 Å². The van der Waals surface area contributed by atoms with E-state index >= 15 is 0 Å². The Balaban J connectivity index is 1.85. The summed E-state index contributed by atoms with van der Waals surface area (Å²) in [7, 11) is 0. The first-order valence-corrected chi connectivity index (χ1v) is 6.59. The van der Waals surface area contributed by atoms with Gasteiger partial charge in [-0.1, -0.05) is 6.92 Å². The van der Waals surface area contributed by atoms with Gasteiger partial charge in [0.25, 0.3) is 0 Å². The summed E-state index contributed by atoms with van der Waals surface area (Å²) in [6.45, 7) is 5.83. The Morgan fingerprint density at radius 3 is 3.19 bits per heavy atom. The van der Waals surface area contributed by atoms with Gasteiger partial charge in [-0.2, -0.15) is 0 Å². The van der Waals surface area contributed by atoms with Crippen molar-refractivity contribution in [2.24, 2.45) is 5.92 Å². The van der Waals surface area contributed by atoms with Crippen molar-refractivity contribution in [3.8, 4) is 0 Å². The van der Waals surface area contributed by atoms with Crippen LogP contribution < -0.4 is 5.32 Å². The zero-order chi connectivity index (χ0) is 11.0. The Hall–Kier alpha value is -0.830. The molecular weight excluding hydrogens is 198 g/mol. The van der Waals surface area contributed by atoms with E-state index in [2.05, 4.69) is 28.0 Å². The minimum Gasteiger partial charge on any atom is -0.332 e. The topological polar surface area (TPSA) is 29.9 Å². The van der Waals surface area contributed by atoms with Crippen molar-refractivity contribution in [1.29, 1.82) is 0 Å². The second-order valence-corrected chi connectivity index (χ2v) is 5.40. The van der Waals surface area contributed by atoms with E-state index in [4.69, 9.17) is 0 Å². The van der Waals surface area contributed by atoms with E-state index in [0.717, 1.165) is 12.5 Å². The number of hydrogen-bond acceptors (Lipinski definition) is 2. The van der Waals surface area contributed by atoms with Crippen molar-refractivity contribution in [3.63, 3.8) is 0 Å². The summed E-state index contributed by atoms with van der Waals surface area (Å²) in [5.41, 5.74) is 1.46. The maximum Gasteiger partial charge on any atom is 0.113 e. The van der Waals surface area contributed by atoms with Gasteiger partial charge in [0.05, 0.1) is 0 Å². The molecular formula is C13H21N3. The van der Waals surface area contributed by atoms with Crippen molar-refractivity contribution in [2.45, 2.75) is 45.1 Å². The van der Waals surface area contributed by atoms with Crippen LogP contribution in [0.15, 0.2) is 6.20 Å². The largest absolute Gasteiger partial charge is 0.332 e. The molecule has 0 aliphatic carbocycles. The van der Waals surface area contributed by atoms with Gasteiger partial charge in [-0.15, -0.1) is 0 Å². The first kappa shape index (κ1) is 10.3. The summed E-state index contributed by atoms with van der Waals surface area (Å²) in [4.78, 5) is 4.68. The standard InChI is InChI=1S/C13H21N3/c1-10-4-6-16-12(7-10)9-15-13(16)11-3-2-5-14-8-11/h9-11,14H,2-8H2,1H3. The van der Waals surface area contributed by atoms with E-state index in [9.17, 15) is 0 Å². The van der Waals surface area contributed by atoms with Crippen LogP contribution in [0.3, 0.4) is 0 Å². The number of hydrogen-bond donors (Lipinski definition) is 1. The van der Waals surface area contributed by atoms with Gasteiger partial charge in [-0.25, -0.2) is 4.98 Å². The number of nitrogens with one attached hydrogen (secondary N) is 1. The van der Waals surface area contributed by atoms with Crippen LogP contribution in [0.2, 0.25) is 0 Å². The fraction of sp³-hybridized carbons (Fsp3) is 0.769. The highest BCUT2D eigenvalue weighted by Gasteiger charge is 2.24. The average molecular weight is 219 g/mol. The molecule has 0 aromatic carbocycles. The van der Waals surface area contributed by atoms with E-state index in [-0.39, 0.29) is 0 Å². The monoisotopic (exact) mass is 219 g/mol. The molecule has 1 saturated heterocycles. The number of rotatable bonds is 1. The van der Waals surface area contributed by atoms with E-state index < -0.39 is 0 Å². The Kier molecular flexibility index (Phi) is 2.72. The molecule has 0 radical (unpaired) electrons. The van der Waals surface area contributed by atoms with Crippen LogP contribution in [0.5, 0.6) is 0 Å². The van der Waals surface area contributed by atoms with Crippen molar-refractivity contribution in [2.75, 3.05) is 13.1 Å². The summed E-state index contributed by atoms with van der Waals surface area (Å²) in [5.74, 6) is 2.83. The molecule has 2 aliphatic heterocycles. The molecule has 3 heteroatoms. The van der Waals surface area contributed by atoms with Gasteiger partial charge in [0.1, 0.15) is 5.82 Å². The molecule has 1 fully saturated rings. The zero-order valence-corrected chi connectivity index (χ0v) is 10.1. The highest BCUT2D eigenvalue weighted by atomic mass is 15.1. The van der Waals surface area contributed by atoms with Crippen molar-refractivity contribution < 1.29 is 0 Å². The predicted molar refractivity (Wildman–Crippen MR) is 64.6 cm³/mol. The Bertz CT molecular complexity index is 363. The molecule has 2 aliphatic rings. The molecule has 0 amide bonds. The molecule has 2 unspecified atom stereocenters. The van der Waals surface area contributed by atoms with Gasteiger partial charge in [0.15, 0.2) is 0 Å². The lowest BCUT2D eigenvalue weighted by atomic mass is 9.96. The van der Waals surface area contributed by atoms with Gasteiger partial charge in [-0.05, 0) is 38.1 Å². The van der Waals surface area contributed by atoms with E-state index in [0.29, 0.717) is 5.92 Å². The number of fused-ring (bicyclic) bond motifs is 1. The van der Waals surface area contributed by atoms with Gasteiger partial charge >= 0.3 is 0 Å². The third kappa shape index (κ3) is 1.77. The number of aromatic nitrogens is 2. The third-order valence-corrected chi connectivity index (χ3v) is 4.03. The van der Waals surface area contributed by atoms with Crippen molar-refractivity contribution in [3.05, 3.63) is 17.7 Å². The summed E-state index contributed by atoms with van der Waals surface area (Å²) in [6.07, 6.45) is 7.24. The minimum absolute atomic E-state index is 0.649. The second kappa shape index (κ2) is 4.21. The lowest BCUT2D eigenvalue weighted by Gasteiger charge is -2.27. The lowest BCUT2D eigenvalue weighted by molar-refractivity contribution is 0.381. The lowest BCUT2D eigenvalue weighted by Crippen LogP contribution is -2.31. The molecule has 0 bridgehead atoms. The molecule has 1 N–H and O–H groups in total. The van der Waals surface area contributed by atoms with Crippen LogP contribution in [0.25, 0.3) is 0 Å². The summed E-state index contributed by atoms with van der Waals surface area (Å²) in [6, 6.07) is 0. The van der Waals surface area contributed by atoms with Gasteiger partial charge < -0.3 is 9.88 Å². The van der Waals surface area contributed by atoms with Crippen LogP contribution in [-0.4, -0.2) is 22.6 Å². The fourth-order valence-corrected chi connectivity index (χ4v) is 3.05. The van der Waals surface area contributed by atoms with Crippen LogP contribution >= 0.6 is 0 Å². The smallest absolute Gasteiger partial charge is 0.113 e. The number of piperidine rings is 1. The quantitative estimate of drug-likeness (QED) is 0.782. The van der Waals surface area contributed by atoms with Crippen LogP contribution in [0.4, 0.5) is 0 Å². The van der Waals surface area contributed by atoms with Crippen LogP contribution in [-0.2, 0) is 13.0 Å². The molecule has 3 heterocycles. The average Bonchev–Trinajstić information content (AvgIpc) is 2.73. The number of nitrogens with zero attached hydrogens (tertiary/aromatic N) is 2. The first-order chi connectivity index (χ1) is 7.84. The maximum absolute atomic E-state index is 4.68. The van der Waals surface area contributed by atoms with E-state index in [1.165, 1.54) is 50.3 Å². The molecule has 2 atom stereocenters. The summed E-state index contributed by atoms with van der Waals surface area (Å²) in [5, 5.41) is 3.49. The maximum atomic E-state index is 4.68. The Morgan fingerprint density at radius 1 is 1.44 bits per heavy atom. The molecule has 16 heavy (non-hydrogen) atoms. The molecule has 88 valence electrons. The second-order valence-electron chi connectivity index (χ2n) is 5.40. The molecule has 1 aromatic heterocycles. The SMILES string of the molecule is CC1CCn2c(cnc2C2CCCNC2)C1. The Morgan fingerprint density at radius 2 is 2.38 bits per heavy atom. The fourth-order valence-electron chi connectivity index (χ4n) is 3.05. The Labute approximate surface area is 97.3 Å². The molecule has 0 saturated carbocycles. The summed E-state index contributed by atoms with van der Waals surface area (Å²) >= 11 is 0. The zero-order valence-electron chi connectivity index (χ0n) is 10.1. The minimum atomic E-state index is 0.649. The van der Waals surface area contributed by atoms with Crippen LogP contribution in [0, 0.1) is 5.92 Å².